The molecular formula is C29H29F3N6O2S. The molecule has 1 N–H and O–H groups in total. The van der Waals surface area contributed by atoms with Crippen molar-refractivity contribution < 1.29 is 23.1 Å². The summed E-state index contributed by atoms with van der Waals surface area (Å²) in [6, 6.07) is 7.10. The summed E-state index contributed by atoms with van der Waals surface area (Å²) in [7, 11) is 3.93. The first-order valence-corrected chi connectivity index (χ1v) is 13.9. The molecule has 0 radical (unpaired) electrons. The van der Waals surface area contributed by atoms with Crippen molar-refractivity contribution >= 4 is 34.0 Å². The Balaban J connectivity index is 1.65. The number of carbonyl (C=O) groups excluding carboxylic acids is 1. The lowest BCUT2D eigenvalue weighted by Crippen LogP contribution is -2.47. The van der Waals surface area contributed by atoms with Crippen LogP contribution < -0.4 is 0 Å². The molecule has 0 saturated carbocycles. The van der Waals surface area contributed by atoms with Gasteiger partial charge in [-0.15, -0.1) is 16.4 Å². The second-order valence-electron chi connectivity index (χ2n) is 11.1. The van der Waals surface area contributed by atoms with Crippen LogP contribution in [0.1, 0.15) is 36.4 Å². The van der Waals surface area contributed by atoms with E-state index < -0.39 is 23.1 Å². The molecule has 3 heterocycles. The second kappa shape index (κ2) is 10.9. The minimum Gasteiger partial charge on any atom is -0.389 e. The van der Waals surface area contributed by atoms with Crippen LogP contribution in [0.3, 0.4) is 0 Å². The van der Waals surface area contributed by atoms with Gasteiger partial charge in [0.15, 0.2) is 11.6 Å². The van der Waals surface area contributed by atoms with Gasteiger partial charge in [-0.3, -0.25) is 4.79 Å². The van der Waals surface area contributed by atoms with Crippen molar-refractivity contribution in [2.24, 2.45) is 0 Å². The number of benzene rings is 2. The molecule has 0 aliphatic carbocycles. The van der Waals surface area contributed by atoms with Gasteiger partial charge in [-0.25, -0.2) is 22.7 Å². The summed E-state index contributed by atoms with van der Waals surface area (Å²) in [5.41, 5.74) is -1.06. The lowest BCUT2D eigenvalue weighted by atomic mass is 10.0. The van der Waals surface area contributed by atoms with Crippen molar-refractivity contribution in [3.63, 3.8) is 0 Å². The molecule has 1 atom stereocenters. The van der Waals surface area contributed by atoms with Crippen LogP contribution in [-0.4, -0.2) is 74.6 Å². The minimum absolute atomic E-state index is 0.0646. The molecule has 2 aromatic heterocycles. The molecule has 0 bridgehead atoms. The Bertz CT molecular complexity index is 1680. The Hall–Kier alpha value is -3.79. The molecule has 0 spiro atoms. The van der Waals surface area contributed by atoms with Gasteiger partial charge in [0.1, 0.15) is 16.9 Å². The quantitative estimate of drug-likeness (QED) is 0.294. The summed E-state index contributed by atoms with van der Waals surface area (Å²) in [5.74, 6) is -3.38. The summed E-state index contributed by atoms with van der Waals surface area (Å²) in [6.45, 7) is 11.2. The summed E-state index contributed by atoms with van der Waals surface area (Å²) in [6.07, 6.45) is 1.79. The van der Waals surface area contributed by atoms with Gasteiger partial charge in [-0.05, 0) is 64.5 Å². The molecule has 4 aromatic rings. The van der Waals surface area contributed by atoms with E-state index in [1.807, 2.05) is 14.1 Å². The van der Waals surface area contributed by atoms with Crippen molar-refractivity contribution in [2.45, 2.75) is 44.9 Å². The normalized spacial score (nSPS) is 16.0. The number of amides is 1. The first-order chi connectivity index (χ1) is 19.4. The number of halogens is 3. The van der Waals surface area contributed by atoms with Gasteiger partial charge in [-0.1, -0.05) is 17.3 Å². The van der Waals surface area contributed by atoms with Crippen molar-refractivity contribution in [1.82, 2.24) is 24.8 Å². The highest BCUT2D eigenvalue weighted by atomic mass is 32.1. The topological polar surface area (TPSA) is 78.9 Å². The summed E-state index contributed by atoms with van der Waals surface area (Å²) >= 11 is 0.993. The number of carbonyl (C=O) groups is 1. The number of aromatic nitrogens is 3. The zero-order valence-electron chi connectivity index (χ0n) is 23.1. The van der Waals surface area contributed by atoms with E-state index in [-0.39, 0.29) is 45.7 Å². The van der Waals surface area contributed by atoms with E-state index in [1.54, 1.807) is 11.0 Å². The molecule has 1 saturated heterocycles. The molecule has 41 heavy (non-hydrogen) atoms. The molecular weight excluding hydrogens is 553 g/mol. The number of aliphatic hydroxyl groups is 1. The molecule has 1 fully saturated rings. The smallest absolute Gasteiger partial charge is 0.264 e. The standard InChI is InChI=1S/C29H29F3N6O2S/c1-29(2,40)15-38-26-22(34-35-38)12-19(24(31)25(26)32)27-18(16-8-9-21(33-3)20(30)11-16)13-23(41-27)28(39)37-10-6-7-17(14-37)36(4)5/h8-9,11-13,17,40H,6-7,10,14-15H2,1-2,4-5H3. The third-order valence-corrected chi connectivity index (χ3v) is 8.35. The first kappa shape index (κ1) is 28.7. The Kier molecular flexibility index (Phi) is 7.63. The minimum atomic E-state index is -1.25. The van der Waals surface area contributed by atoms with Crippen LogP contribution in [0, 0.1) is 24.0 Å². The van der Waals surface area contributed by atoms with Gasteiger partial charge in [0.05, 0.1) is 23.6 Å². The van der Waals surface area contributed by atoms with Crippen LogP contribution in [0.4, 0.5) is 18.9 Å². The second-order valence-corrected chi connectivity index (χ2v) is 12.2. The number of likely N-dealkylation sites (N-methyl/N-ethyl adjacent to an activating group) is 1. The van der Waals surface area contributed by atoms with E-state index in [9.17, 15) is 14.3 Å². The van der Waals surface area contributed by atoms with Gasteiger partial charge >= 0.3 is 0 Å². The van der Waals surface area contributed by atoms with Gasteiger partial charge < -0.3 is 14.9 Å². The number of hydrogen-bond donors (Lipinski definition) is 1. The van der Waals surface area contributed by atoms with Gasteiger partial charge in [0.25, 0.3) is 5.91 Å². The highest BCUT2D eigenvalue weighted by Gasteiger charge is 2.30. The van der Waals surface area contributed by atoms with Crippen molar-refractivity contribution in [1.29, 1.82) is 0 Å². The number of likely N-dealkylation sites (tertiary alicyclic amines) is 1. The summed E-state index contributed by atoms with van der Waals surface area (Å²) < 4.78 is 47.1. The summed E-state index contributed by atoms with van der Waals surface area (Å²) in [4.78, 5) is 21.2. The number of nitrogens with zero attached hydrogens (tertiary/aromatic N) is 6. The van der Waals surface area contributed by atoms with Crippen LogP contribution >= 0.6 is 11.3 Å². The maximum Gasteiger partial charge on any atom is 0.264 e. The van der Waals surface area contributed by atoms with Crippen molar-refractivity contribution in [3.05, 3.63) is 64.1 Å². The van der Waals surface area contributed by atoms with Gasteiger partial charge in [0.2, 0.25) is 5.69 Å². The highest BCUT2D eigenvalue weighted by Crippen LogP contribution is 2.43. The van der Waals surface area contributed by atoms with Crippen LogP contribution in [-0.2, 0) is 6.54 Å². The van der Waals surface area contributed by atoms with E-state index in [1.165, 1.54) is 32.0 Å². The first-order valence-electron chi connectivity index (χ1n) is 13.1. The lowest BCUT2D eigenvalue weighted by Gasteiger charge is -2.35. The Morgan fingerprint density at radius 3 is 2.61 bits per heavy atom. The zero-order chi connectivity index (χ0) is 29.6. The van der Waals surface area contributed by atoms with E-state index in [2.05, 4.69) is 20.1 Å². The number of fused-ring (bicyclic) bond motifs is 1. The average molecular weight is 583 g/mol. The fraction of sp³-hybridized carbons (Fsp3) is 0.379. The molecule has 1 unspecified atom stereocenters. The fourth-order valence-electron chi connectivity index (χ4n) is 5.11. The molecule has 214 valence electrons. The van der Waals surface area contributed by atoms with E-state index >= 15 is 8.78 Å². The number of thiophene rings is 1. The molecule has 1 aliphatic heterocycles. The summed E-state index contributed by atoms with van der Waals surface area (Å²) in [5, 5.41) is 18.1. The number of rotatable bonds is 6. The Morgan fingerprint density at radius 1 is 1.20 bits per heavy atom. The fourth-order valence-corrected chi connectivity index (χ4v) is 6.27. The van der Waals surface area contributed by atoms with Crippen molar-refractivity contribution in [3.8, 4) is 21.6 Å². The molecule has 12 heteroatoms. The van der Waals surface area contributed by atoms with E-state index in [4.69, 9.17) is 6.57 Å². The van der Waals surface area contributed by atoms with Crippen LogP contribution in [0.25, 0.3) is 37.4 Å². The van der Waals surface area contributed by atoms with E-state index in [0.717, 1.165) is 34.9 Å². The third-order valence-electron chi connectivity index (χ3n) is 7.20. The zero-order valence-corrected chi connectivity index (χ0v) is 23.9. The number of hydrogen-bond acceptors (Lipinski definition) is 6. The van der Waals surface area contributed by atoms with Crippen LogP contribution in [0.5, 0.6) is 0 Å². The highest BCUT2D eigenvalue weighted by molar-refractivity contribution is 7.18. The molecule has 2 aromatic carbocycles. The monoisotopic (exact) mass is 582 g/mol. The third kappa shape index (κ3) is 5.57. The lowest BCUT2D eigenvalue weighted by molar-refractivity contribution is 0.0582. The van der Waals surface area contributed by atoms with Crippen LogP contribution in [0.2, 0.25) is 0 Å². The predicted octanol–water partition coefficient (Wildman–Crippen LogP) is 5.73. The Labute approximate surface area is 239 Å². The van der Waals surface area contributed by atoms with Crippen molar-refractivity contribution in [2.75, 3.05) is 27.2 Å². The predicted molar refractivity (Wildman–Crippen MR) is 151 cm³/mol. The average Bonchev–Trinajstić information content (AvgIpc) is 3.54. The van der Waals surface area contributed by atoms with E-state index in [0.29, 0.717) is 29.1 Å². The largest absolute Gasteiger partial charge is 0.389 e. The van der Waals surface area contributed by atoms with Crippen LogP contribution in [0.15, 0.2) is 30.3 Å². The maximum absolute atomic E-state index is 15.8. The molecule has 1 aliphatic rings. The molecule has 5 rings (SSSR count). The Morgan fingerprint density at radius 2 is 1.95 bits per heavy atom. The SMILES string of the molecule is [C-]#[N+]c1ccc(-c2cc(C(=O)N3CCCC(N(C)C)C3)sc2-c2cc3nnn(CC(C)(C)O)c3c(F)c2F)cc1F. The molecule has 1 amide bonds. The molecule has 8 nitrogen and oxygen atoms in total. The maximum atomic E-state index is 15.8. The number of piperidine rings is 1. The van der Waals surface area contributed by atoms with Gasteiger partial charge in [-0.2, -0.15) is 0 Å². The van der Waals surface area contributed by atoms with Gasteiger partial charge in [0, 0.05) is 35.1 Å².